The monoisotopic (exact) mass is 488 g/mol. The van der Waals surface area contributed by atoms with Crippen molar-refractivity contribution in [3.05, 3.63) is 83.4 Å². The molecule has 0 atom stereocenters. The van der Waals surface area contributed by atoms with Gasteiger partial charge in [-0.3, -0.25) is 19.0 Å². The number of aromatic nitrogens is 4. The van der Waals surface area contributed by atoms with E-state index in [1.807, 2.05) is 50.2 Å². The Bertz CT molecular complexity index is 1360. The van der Waals surface area contributed by atoms with Gasteiger partial charge in [0.2, 0.25) is 0 Å². The van der Waals surface area contributed by atoms with Gasteiger partial charge in [0.15, 0.2) is 0 Å². The van der Waals surface area contributed by atoms with Crippen molar-refractivity contribution >= 4 is 23.2 Å². The van der Waals surface area contributed by atoms with Crippen molar-refractivity contribution in [1.82, 2.24) is 19.6 Å². The predicted octanol–water partition coefficient (Wildman–Crippen LogP) is 4.04. The highest BCUT2D eigenvalue weighted by Gasteiger charge is 2.21. The van der Waals surface area contributed by atoms with Crippen molar-refractivity contribution in [3.8, 4) is 11.5 Å². The van der Waals surface area contributed by atoms with Crippen LogP contribution in [0.4, 0.5) is 11.4 Å². The van der Waals surface area contributed by atoms with Crippen LogP contribution in [0.1, 0.15) is 39.0 Å². The number of amides is 2. The molecule has 4 rings (SSSR count). The number of rotatable bonds is 9. The van der Waals surface area contributed by atoms with Crippen LogP contribution in [-0.2, 0) is 20.2 Å². The average molecular weight is 489 g/mol. The molecule has 0 aliphatic carbocycles. The zero-order valence-electron chi connectivity index (χ0n) is 20.6. The lowest BCUT2D eigenvalue weighted by atomic mass is 10.1. The van der Waals surface area contributed by atoms with E-state index in [-0.39, 0.29) is 17.5 Å². The number of carbonyl (C=O) groups is 2. The van der Waals surface area contributed by atoms with E-state index in [9.17, 15) is 9.59 Å². The summed E-state index contributed by atoms with van der Waals surface area (Å²) >= 11 is 0. The van der Waals surface area contributed by atoms with Crippen LogP contribution in [0.25, 0.3) is 0 Å². The molecule has 10 heteroatoms. The number of hydrogen-bond acceptors (Lipinski definition) is 6. The van der Waals surface area contributed by atoms with Gasteiger partial charge in [0.05, 0.1) is 36.6 Å². The fraction of sp³-hybridized carbons (Fsp3) is 0.231. The van der Waals surface area contributed by atoms with Gasteiger partial charge >= 0.3 is 0 Å². The van der Waals surface area contributed by atoms with Gasteiger partial charge in [0, 0.05) is 19.2 Å². The molecule has 0 spiro atoms. The number of aryl methyl sites for hydroxylation is 2. The van der Waals surface area contributed by atoms with Crippen LogP contribution in [0.3, 0.4) is 0 Å². The van der Waals surface area contributed by atoms with E-state index >= 15 is 0 Å². The van der Waals surface area contributed by atoms with Crippen molar-refractivity contribution in [3.63, 3.8) is 0 Å². The summed E-state index contributed by atoms with van der Waals surface area (Å²) in [6.07, 6.45) is 3.06. The van der Waals surface area contributed by atoms with E-state index in [4.69, 9.17) is 9.47 Å². The first kappa shape index (κ1) is 24.5. The minimum atomic E-state index is -0.383. The van der Waals surface area contributed by atoms with Gasteiger partial charge in [-0.1, -0.05) is 12.1 Å². The molecule has 0 fully saturated rings. The number of nitrogens with zero attached hydrogens (tertiary/aromatic N) is 4. The van der Waals surface area contributed by atoms with Crippen LogP contribution in [0.15, 0.2) is 60.9 Å². The highest BCUT2D eigenvalue weighted by Crippen LogP contribution is 2.21. The molecule has 0 bridgehead atoms. The van der Waals surface area contributed by atoms with Gasteiger partial charge in [-0.2, -0.15) is 10.2 Å². The Kier molecular flexibility index (Phi) is 7.33. The minimum absolute atomic E-state index is 0.263. The molecule has 0 aliphatic rings. The maximum atomic E-state index is 13.0. The standard InChI is InChI=1S/C26H28N6O4/c1-5-32-24(26(34)29-22-14-27-31(3)17(22)2)23(15-28-32)30-25(33)19-8-6-18(7-9-19)16-36-21-12-10-20(35-4)11-13-21/h6-15H,5,16H2,1-4H3,(H,29,34)(H,30,33). The first-order chi connectivity index (χ1) is 17.4. The third-order valence-electron chi connectivity index (χ3n) is 5.77. The molecule has 0 unspecified atom stereocenters. The summed E-state index contributed by atoms with van der Waals surface area (Å²) in [4.78, 5) is 26.0. The maximum absolute atomic E-state index is 13.0. The Labute approximate surface area is 208 Å². The van der Waals surface area contributed by atoms with E-state index in [2.05, 4.69) is 20.8 Å². The Balaban J connectivity index is 1.42. The average Bonchev–Trinajstić information content (AvgIpc) is 3.45. The molecule has 0 saturated heterocycles. The van der Waals surface area contributed by atoms with Gasteiger partial charge in [0.25, 0.3) is 11.8 Å². The van der Waals surface area contributed by atoms with Crippen LogP contribution in [0.5, 0.6) is 11.5 Å². The molecule has 186 valence electrons. The van der Waals surface area contributed by atoms with E-state index in [1.54, 1.807) is 37.2 Å². The Morgan fingerprint density at radius 3 is 2.14 bits per heavy atom. The summed E-state index contributed by atoms with van der Waals surface area (Å²) in [5.74, 6) is 0.750. The van der Waals surface area contributed by atoms with Gasteiger partial charge < -0.3 is 20.1 Å². The smallest absolute Gasteiger partial charge is 0.276 e. The van der Waals surface area contributed by atoms with Crippen molar-refractivity contribution in [2.75, 3.05) is 17.7 Å². The molecule has 2 aromatic carbocycles. The van der Waals surface area contributed by atoms with Crippen LogP contribution >= 0.6 is 0 Å². The first-order valence-corrected chi connectivity index (χ1v) is 11.4. The lowest BCUT2D eigenvalue weighted by Gasteiger charge is -2.10. The molecular formula is C26H28N6O4. The number of carbonyl (C=O) groups excluding carboxylic acids is 2. The molecular weight excluding hydrogens is 460 g/mol. The van der Waals surface area contributed by atoms with Crippen LogP contribution in [0, 0.1) is 6.92 Å². The van der Waals surface area contributed by atoms with Crippen molar-refractivity contribution in [2.24, 2.45) is 7.05 Å². The van der Waals surface area contributed by atoms with E-state index in [0.717, 1.165) is 22.8 Å². The second kappa shape index (κ2) is 10.8. The summed E-state index contributed by atoms with van der Waals surface area (Å²) in [5.41, 5.74) is 3.35. The summed E-state index contributed by atoms with van der Waals surface area (Å²) in [6, 6.07) is 14.4. The summed E-state index contributed by atoms with van der Waals surface area (Å²) in [7, 11) is 3.41. The van der Waals surface area contributed by atoms with E-state index in [1.165, 1.54) is 10.9 Å². The quantitative estimate of drug-likeness (QED) is 0.368. The number of ether oxygens (including phenoxy) is 2. The lowest BCUT2D eigenvalue weighted by Crippen LogP contribution is -2.21. The van der Waals surface area contributed by atoms with Gasteiger partial charge in [-0.25, -0.2) is 0 Å². The summed E-state index contributed by atoms with van der Waals surface area (Å²) in [6.45, 7) is 4.55. The van der Waals surface area contributed by atoms with Crippen LogP contribution < -0.4 is 20.1 Å². The third-order valence-corrected chi connectivity index (χ3v) is 5.77. The summed E-state index contributed by atoms with van der Waals surface area (Å²) < 4.78 is 14.1. The van der Waals surface area contributed by atoms with Gasteiger partial charge in [0.1, 0.15) is 23.8 Å². The second-order valence-electron chi connectivity index (χ2n) is 8.06. The highest BCUT2D eigenvalue weighted by atomic mass is 16.5. The van der Waals surface area contributed by atoms with Crippen LogP contribution in [0.2, 0.25) is 0 Å². The number of nitrogens with one attached hydrogen (secondary N) is 2. The number of benzene rings is 2. The zero-order chi connectivity index (χ0) is 25.7. The molecule has 0 saturated carbocycles. The van der Waals surface area contributed by atoms with Gasteiger partial charge in [-0.05, 0) is 55.8 Å². The molecule has 36 heavy (non-hydrogen) atoms. The Morgan fingerprint density at radius 1 is 0.889 bits per heavy atom. The third kappa shape index (κ3) is 5.38. The number of methoxy groups -OCH3 is 1. The normalized spacial score (nSPS) is 10.7. The zero-order valence-corrected chi connectivity index (χ0v) is 20.6. The fourth-order valence-corrected chi connectivity index (χ4v) is 3.54. The topological polar surface area (TPSA) is 112 Å². The SMILES string of the molecule is CCn1ncc(NC(=O)c2ccc(COc3ccc(OC)cc3)cc2)c1C(=O)Nc1cnn(C)c1C. The van der Waals surface area contributed by atoms with Crippen molar-refractivity contribution in [2.45, 2.75) is 27.0 Å². The molecule has 2 amide bonds. The van der Waals surface area contributed by atoms with Gasteiger partial charge in [-0.15, -0.1) is 0 Å². The molecule has 2 heterocycles. The van der Waals surface area contributed by atoms with Crippen LogP contribution in [-0.4, -0.2) is 38.5 Å². The number of hydrogen-bond donors (Lipinski definition) is 2. The molecule has 10 nitrogen and oxygen atoms in total. The Morgan fingerprint density at radius 2 is 1.53 bits per heavy atom. The fourth-order valence-electron chi connectivity index (χ4n) is 3.54. The molecule has 0 aliphatic heterocycles. The molecule has 4 aromatic rings. The second-order valence-corrected chi connectivity index (χ2v) is 8.06. The molecule has 2 aromatic heterocycles. The maximum Gasteiger partial charge on any atom is 0.276 e. The first-order valence-electron chi connectivity index (χ1n) is 11.4. The lowest BCUT2D eigenvalue weighted by molar-refractivity contribution is 0.101. The van der Waals surface area contributed by atoms with E-state index < -0.39 is 0 Å². The molecule has 0 radical (unpaired) electrons. The van der Waals surface area contributed by atoms with Crippen molar-refractivity contribution in [1.29, 1.82) is 0 Å². The predicted molar refractivity (Wildman–Crippen MR) is 136 cm³/mol. The van der Waals surface area contributed by atoms with E-state index in [0.29, 0.717) is 30.1 Å². The largest absolute Gasteiger partial charge is 0.497 e. The Hall–Kier alpha value is -4.60. The minimum Gasteiger partial charge on any atom is -0.497 e. The summed E-state index contributed by atoms with van der Waals surface area (Å²) in [5, 5.41) is 14.0. The van der Waals surface area contributed by atoms with Crippen molar-refractivity contribution < 1.29 is 19.1 Å². The molecule has 2 N–H and O–H groups in total. The number of anilines is 2. The highest BCUT2D eigenvalue weighted by molar-refractivity contribution is 6.11.